The molecule has 118 valence electrons. The lowest BCUT2D eigenvalue weighted by Crippen LogP contribution is -2.43. The molecule has 0 amide bonds. The third-order valence-corrected chi connectivity index (χ3v) is 6.83. The van der Waals surface area contributed by atoms with Crippen molar-refractivity contribution in [2.75, 3.05) is 6.54 Å². The first-order valence-corrected chi connectivity index (χ1v) is 9.84. The summed E-state index contributed by atoms with van der Waals surface area (Å²) in [5.41, 5.74) is 0.919. The number of rotatable bonds is 5. The van der Waals surface area contributed by atoms with E-state index in [9.17, 15) is 8.42 Å². The van der Waals surface area contributed by atoms with Crippen molar-refractivity contribution < 1.29 is 8.42 Å². The number of hydrogen-bond donors (Lipinski definition) is 0. The van der Waals surface area contributed by atoms with Gasteiger partial charge in [-0.1, -0.05) is 13.3 Å². The van der Waals surface area contributed by atoms with Crippen molar-refractivity contribution in [1.82, 2.24) is 8.87 Å². The molecule has 1 atom stereocenters. The molecular weight excluding hydrogens is 308 g/mol. The predicted octanol–water partition coefficient (Wildman–Crippen LogP) is 3.52. The Balaban J connectivity index is 1.93. The molecule has 1 aromatic rings. The SMILES string of the molecule is CCC1CCCCN1S(=O)(=O)c1cc(CCl)n(C2CC2)c1. The lowest BCUT2D eigenvalue weighted by atomic mass is 10.0. The van der Waals surface area contributed by atoms with Crippen LogP contribution in [0.15, 0.2) is 17.2 Å². The van der Waals surface area contributed by atoms with Crippen molar-refractivity contribution in [3.8, 4) is 0 Å². The fourth-order valence-electron chi connectivity index (χ4n) is 3.27. The minimum Gasteiger partial charge on any atom is -0.346 e. The van der Waals surface area contributed by atoms with Gasteiger partial charge in [0.1, 0.15) is 4.90 Å². The van der Waals surface area contributed by atoms with E-state index in [1.165, 1.54) is 0 Å². The van der Waals surface area contributed by atoms with E-state index >= 15 is 0 Å². The van der Waals surface area contributed by atoms with Crippen molar-refractivity contribution in [2.24, 2.45) is 0 Å². The van der Waals surface area contributed by atoms with Gasteiger partial charge in [-0.2, -0.15) is 4.31 Å². The van der Waals surface area contributed by atoms with Gasteiger partial charge in [0.15, 0.2) is 0 Å². The molecule has 2 heterocycles. The van der Waals surface area contributed by atoms with Crippen LogP contribution in [-0.2, 0) is 15.9 Å². The van der Waals surface area contributed by atoms with Crippen molar-refractivity contribution >= 4 is 21.6 Å². The Hall–Kier alpha value is -0.520. The van der Waals surface area contributed by atoms with Crippen molar-refractivity contribution in [2.45, 2.75) is 68.3 Å². The molecule has 0 bridgehead atoms. The number of alkyl halides is 1. The van der Waals surface area contributed by atoms with Crippen LogP contribution in [0.2, 0.25) is 0 Å². The van der Waals surface area contributed by atoms with Gasteiger partial charge in [0.05, 0.1) is 5.88 Å². The van der Waals surface area contributed by atoms with E-state index in [0.29, 0.717) is 23.4 Å². The number of hydrogen-bond acceptors (Lipinski definition) is 2. The Labute approximate surface area is 132 Å². The molecule has 3 rings (SSSR count). The summed E-state index contributed by atoms with van der Waals surface area (Å²) in [5.74, 6) is 0.364. The van der Waals surface area contributed by atoms with Crippen molar-refractivity contribution in [3.05, 3.63) is 18.0 Å². The van der Waals surface area contributed by atoms with Crippen LogP contribution in [0.4, 0.5) is 0 Å². The molecule has 0 spiro atoms. The highest BCUT2D eigenvalue weighted by atomic mass is 35.5. The van der Waals surface area contributed by atoms with Gasteiger partial charge in [0.25, 0.3) is 0 Å². The maximum Gasteiger partial charge on any atom is 0.244 e. The van der Waals surface area contributed by atoms with Crippen LogP contribution in [-0.4, -0.2) is 29.9 Å². The van der Waals surface area contributed by atoms with Crippen molar-refractivity contribution in [3.63, 3.8) is 0 Å². The summed E-state index contributed by atoms with van der Waals surface area (Å²) in [6.45, 7) is 2.71. The molecule has 1 aromatic heterocycles. The van der Waals surface area contributed by atoms with Gasteiger partial charge in [-0.15, -0.1) is 11.6 Å². The predicted molar refractivity (Wildman–Crippen MR) is 84.1 cm³/mol. The van der Waals surface area contributed by atoms with Crippen LogP contribution in [0.5, 0.6) is 0 Å². The molecule has 1 unspecified atom stereocenters. The van der Waals surface area contributed by atoms with Crippen LogP contribution in [0.25, 0.3) is 0 Å². The molecule has 1 aliphatic carbocycles. The maximum absolute atomic E-state index is 13.0. The van der Waals surface area contributed by atoms with Crippen LogP contribution < -0.4 is 0 Å². The Bertz CT molecular complexity index is 607. The van der Waals surface area contributed by atoms with Gasteiger partial charge < -0.3 is 4.57 Å². The molecule has 0 radical (unpaired) electrons. The first-order chi connectivity index (χ1) is 10.1. The number of sulfonamides is 1. The second-order valence-corrected chi connectivity index (χ2v) is 8.27. The third-order valence-electron chi connectivity index (χ3n) is 4.63. The van der Waals surface area contributed by atoms with Crippen LogP contribution in [0, 0.1) is 0 Å². The normalized spacial score (nSPS) is 24.4. The Morgan fingerprint density at radius 2 is 2.05 bits per heavy atom. The monoisotopic (exact) mass is 330 g/mol. The minimum atomic E-state index is -3.39. The number of piperidine rings is 1. The van der Waals surface area contributed by atoms with Gasteiger partial charge in [-0.3, -0.25) is 0 Å². The molecule has 21 heavy (non-hydrogen) atoms. The summed E-state index contributed by atoms with van der Waals surface area (Å²) in [5, 5.41) is 0. The zero-order chi connectivity index (χ0) is 15.0. The summed E-state index contributed by atoms with van der Waals surface area (Å²) >= 11 is 5.98. The van der Waals surface area contributed by atoms with E-state index < -0.39 is 10.0 Å². The van der Waals surface area contributed by atoms with E-state index in [0.717, 1.165) is 44.2 Å². The maximum atomic E-state index is 13.0. The van der Waals surface area contributed by atoms with Crippen LogP contribution in [0.1, 0.15) is 57.2 Å². The van der Waals surface area contributed by atoms with E-state index in [2.05, 4.69) is 11.5 Å². The lowest BCUT2D eigenvalue weighted by molar-refractivity contribution is 0.246. The molecular formula is C15H23ClN2O2S. The third kappa shape index (κ3) is 2.88. The fourth-order valence-corrected chi connectivity index (χ4v) is 5.31. The average Bonchev–Trinajstić information content (AvgIpc) is 3.25. The smallest absolute Gasteiger partial charge is 0.244 e. The molecule has 0 aromatic carbocycles. The molecule has 2 fully saturated rings. The van der Waals surface area contributed by atoms with Gasteiger partial charge in [-0.05, 0) is 38.2 Å². The van der Waals surface area contributed by atoms with E-state index in [1.54, 1.807) is 16.6 Å². The minimum absolute atomic E-state index is 0.146. The summed E-state index contributed by atoms with van der Waals surface area (Å²) in [4.78, 5) is 0.422. The largest absolute Gasteiger partial charge is 0.346 e. The fraction of sp³-hybridized carbons (Fsp3) is 0.733. The molecule has 2 aliphatic rings. The highest BCUT2D eigenvalue weighted by Gasteiger charge is 2.35. The summed E-state index contributed by atoms with van der Waals surface area (Å²) in [6.07, 6.45) is 7.99. The molecule has 4 nitrogen and oxygen atoms in total. The second kappa shape index (κ2) is 5.94. The molecule has 0 N–H and O–H groups in total. The zero-order valence-corrected chi connectivity index (χ0v) is 14.0. The number of halogens is 1. The second-order valence-electron chi connectivity index (χ2n) is 6.11. The highest BCUT2D eigenvalue weighted by molar-refractivity contribution is 7.89. The lowest BCUT2D eigenvalue weighted by Gasteiger charge is -2.33. The van der Waals surface area contributed by atoms with E-state index in [-0.39, 0.29) is 6.04 Å². The Morgan fingerprint density at radius 1 is 1.29 bits per heavy atom. The van der Waals surface area contributed by atoms with Gasteiger partial charge in [0.2, 0.25) is 10.0 Å². The van der Waals surface area contributed by atoms with Crippen molar-refractivity contribution in [1.29, 1.82) is 0 Å². The molecule has 1 aliphatic heterocycles. The van der Waals surface area contributed by atoms with Gasteiger partial charge in [-0.25, -0.2) is 8.42 Å². The zero-order valence-electron chi connectivity index (χ0n) is 12.5. The topological polar surface area (TPSA) is 42.3 Å². The van der Waals surface area contributed by atoms with E-state index in [1.807, 2.05) is 0 Å². The average molecular weight is 331 g/mol. The molecule has 1 saturated carbocycles. The highest BCUT2D eigenvalue weighted by Crippen LogP contribution is 2.38. The number of nitrogens with zero attached hydrogens (tertiary/aromatic N) is 2. The number of aromatic nitrogens is 1. The Morgan fingerprint density at radius 3 is 2.67 bits per heavy atom. The quantitative estimate of drug-likeness (QED) is 0.775. The molecule has 1 saturated heterocycles. The first kappa shape index (κ1) is 15.4. The summed E-state index contributed by atoms with van der Waals surface area (Å²) in [7, 11) is -3.39. The summed E-state index contributed by atoms with van der Waals surface area (Å²) in [6, 6.07) is 2.36. The van der Waals surface area contributed by atoms with Gasteiger partial charge >= 0.3 is 0 Å². The standard InChI is InChI=1S/C15H23ClN2O2S/c1-2-12-5-3-4-8-18(12)21(19,20)15-9-14(10-16)17(11-15)13-6-7-13/h9,11-13H,2-8,10H2,1H3. The Kier molecular flexibility index (Phi) is 4.35. The van der Waals surface area contributed by atoms with Crippen LogP contribution in [0.3, 0.4) is 0 Å². The molecule has 6 heteroatoms. The first-order valence-electron chi connectivity index (χ1n) is 7.86. The van der Waals surface area contributed by atoms with Crippen LogP contribution >= 0.6 is 11.6 Å². The van der Waals surface area contributed by atoms with E-state index in [4.69, 9.17) is 11.6 Å². The van der Waals surface area contributed by atoms with Gasteiger partial charge in [0, 0.05) is 30.5 Å². The summed E-state index contributed by atoms with van der Waals surface area (Å²) < 4.78 is 29.7.